The maximum Gasteiger partial charge on any atom is 0.416 e. The maximum atomic E-state index is 12.5. The smallest absolute Gasteiger partial charge is 0.298 e. The third-order valence-corrected chi connectivity index (χ3v) is 4.39. The van der Waals surface area contributed by atoms with Crippen molar-refractivity contribution in [2.45, 2.75) is 36.4 Å². The molecule has 1 fully saturated rings. The zero-order valence-electron chi connectivity index (χ0n) is 9.83. The number of halogens is 3. The zero-order valence-corrected chi connectivity index (χ0v) is 10.6. The molecule has 1 aromatic rings. The van der Waals surface area contributed by atoms with Crippen LogP contribution in [0, 0.1) is 0 Å². The second-order valence-electron chi connectivity index (χ2n) is 4.47. The number of Topliss-reactive ketones (excluding diaryl/α,β-unsaturated/α-hetero) is 1. The second-order valence-corrected chi connectivity index (χ2v) is 6.12. The fourth-order valence-electron chi connectivity index (χ4n) is 2.06. The van der Waals surface area contributed by atoms with Crippen LogP contribution in [0.5, 0.6) is 0 Å². The Morgan fingerprint density at radius 3 is 2.67 bits per heavy atom. The van der Waals surface area contributed by atoms with E-state index in [4.69, 9.17) is 0 Å². The van der Waals surface area contributed by atoms with Gasteiger partial charge in [-0.2, -0.15) is 13.2 Å². The van der Waals surface area contributed by atoms with Gasteiger partial charge in [-0.05, 0) is 25.0 Å². The monoisotopic (exact) mass is 274 g/mol. The standard InChI is InChI=1S/C13H13F3OS/c1-8-12(17)7-11(18-8)6-9-3-2-4-10(5-9)13(14,15)16/h2-5,8,11H,6-7H2,1H3. The van der Waals surface area contributed by atoms with Gasteiger partial charge in [-0.25, -0.2) is 0 Å². The van der Waals surface area contributed by atoms with Crippen LogP contribution in [0.15, 0.2) is 24.3 Å². The molecule has 5 heteroatoms. The third kappa shape index (κ3) is 3.07. The number of rotatable bonds is 2. The molecule has 1 saturated heterocycles. The van der Waals surface area contributed by atoms with Crippen molar-refractivity contribution in [1.82, 2.24) is 0 Å². The molecule has 0 bridgehead atoms. The minimum Gasteiger partial charge on any atom is -0.298 e. The average molecular weight is 274 g/mol. The second kappa shape index (κ2) is 4.96. The van der Waals surface area contributed by atoms with E-state index in [2.05, 4.69) is 0 Å². The van der Waals surface area contributed by atoms with Crippen molar-refractivity contribution in [2.75, 3.05) is 0 Å². The molecule has 1 aromatic carbocycles. The first-order valence-electron chi connectivity index (χ1n) is 5.70. The van der Waals surface area contributed by atoms with Crippen LogP contribution in [0.4, 0.5) is 13.2 Å². The summed E-state index contributed by atoms with van der Waals surface area (Å²) in [4.78, 5) is 11.4. The molecular weight excluding hydrogens is 261 g/mol. The van der Waals surface area contributed by atoms with Crippen molar-refractivity contribution >= 4 is 17.5 Å². The van der Waals surface area contributed by atoms with Crippen molar-refractivity contribution in [3.05, 3.63) is 35.4 Å². The van der Waals surface area contributed by atoms with Crippen LogP contribution < -0.4 is 0 Å². The van der Waals surface area contributed by atoms with Gasteiger partial charge in [-0.3, -0.25) is 4.79 Å². The van der Waals surface area contributed by atoms with E-state index in [0.717, 1.165) is 6.07 Å². The Morgan fingerprint density at radius 1 is 1.39 bits per heavy atom. The Kier molecular flexibility index (Phi) is 3.71. The summed E-state index contributed by atoms with van der Waals surface area (Å²) < 4.78 is 37.6. The molecule has 1 nitrogen and oxygen atoms in total. The average Bonchev–Trinajstić information content (AvgIpc) is 2.57. The Morgan fingerprint density at radius 2 is 2.11 bits per heavy atom. The van der Waals surface area contributed by atoms with Gasteiger partial charge in [-0.1, -0.05) is 18.2 Å². The van der Waals surface area contributed by atoms with E-state index in [-0.39, 0.29) is 16.3 Å². The lowest BCUT2D eigenvalue weighted by Crippen LogP contribution is -2.08. The Bertz CT molecular complexity index is 456. The number of alkyl halides is 3. The van der Waals surface area contributed by atoms with Crippen molar-refractivity contribution in [3.63, 3.8) is 0 Å². The zero-order chi connectivity index (χ0) is 13.3. The number of carbonyl (C=O) groups excluding carboxylic acids is 1. The minimum atomic E-state index is -4.30. The van der Waals surface area contributed by atoms with Crippen molar-refractivity contribution in [3.8, 4) is 0 Å². The lowest BCUT2D eigenvalue weighted by Gasteiger charge is -2.11. The Hall–Kier alpha value is -0.970. The molecule has 0 aliphatic carbocycles. The molecule has 1 aliphatic rings. The molecule has 0 N–H and O–H groups in total. The lowest BCUT2D eigenvalue weighted by molar-refractivity contribution is -0.137. The van der Waals surface area contributed by atoms with Crippen LogP contribution in [0.1, 0.15) is 24.5 Å². The predicted octanol–water partition coefficient (Wildman–Crippen LogP) is 3.71. The van der Waals surface area contributed by atoms with Crippen LogP contribution >= 0.6 is 11.8 Å². The van der Waals surface area contributed by atoms with Crippen LogP contribution in [0.2, 0.25) is 0 Å². The van der Waals surface area contributed by atoms with E-state index in [9.17, 15) is 18.0 Å². The summed E-state index contributed by atoms with van der Waals surface area (Å²) in [6.45, 7) is 1.85. The van der Waals surface area contributed by atoms with Crippen molar-refractivity contribution < 1.29 is 18.0 Å². The maximum absolute atomic E-state index is 12.5. The predicted molar refractivity (Wildman–Crippen MR) is 65.6 cm³/mol. The topological polar surface area (TPSA) is 17.1 Å². The molecular formula is C13H13F3OS. The molecule has 2 atom stereocenters. The molecule has 0 saturated carbocycles. The summed E-state index contributed by atoms with van der Waals surface area (Å²) in [5.41, 5.74) is 0.0200. The highest BCUT2D eigenvalue weighted by Gasteiger charge is 2.32. The summed E-state index contributed by atoms with van der Waals surface area (Å²) in [6.07, 6.45) is -3.32. The fraction of sp³-hybridized carbons (Fsp3) is 0.462. The fourth-order valence-corrected chi connectivity index (χ4v) is 3.44. The van der Waals surface area contributed by atoms with E-state index in [1.807, 2.05) is 6.92 Å². The molecule has 2 rings (SSSR count). The van der Waals surface area contributed by atoms with Crippen LogP contribution in [0.25, 0.3) is 0 Å². The van der Waals surface area contributed by atoms with Gasteiger partial charge >= 0.3 is 6.18 Å². The normalized spacial score (nSPS) is 24.6. The minimum absolute atomic E-state index is 0.0270. The number of carbonyl (C=O) groups is 1. The summed E-state index contributed by atoms with van der Waals surface area (Å²) in [5, 5.41) is 0.0804. The highest BCUT2D eigenvalue weighted by Crippen LogP contribution is 2.34. The van der Waals surface area contributed by atoms with E-state index < -0.39 is 11.7 Å². The highest BCUT2D eigenvalue weighted by molar-refractivity contribution is 8.01. The molecule has 0 spiro atoms. The Balaban J connectivity index is 2.09. The summed E-state index contributed by atoms with van der Waals surface area (Å²) in [5.74, 6) is 0.192. The van der Waals surface area contributed by atoms with Gasteiger partial charge < -0.3 is 0 Å². The van der Waals surface area contributed by atoms with Crippen LogP contribution in [-0.4, -0.2) is 16.3 Å². The number of benzene rings is 1. The molecule has 18 heavy (non-hydrogen) atoms. The number of hydrogen-bond acceptors (Lipinski definition) is 2. The molecule has 1 heterocycles. The third-order valence-electron chi connectivity index (χ3n) is 3.00. The van der Waals surface area contributed by atoms with Crippen molar-refractivity contribution in [2.24, 2.45) is 0 Å². The number of thioether (sulfide) groups is 1. The van der Waals surface area contributed by atoms with Crippen molar-refractivity contribution in [1.29, 1.82) is 0 Å². The number of hydrogen-bond donors (Lipinski definition) is 0. The molecule has 0 amide bonds. The van der Waals surface area contributed by atoms with Gasteiger partial charge in [0.2, 0.25) is 0 Å². The summed E-state index contributed by atoms with van der Waals surface area (Å²) in [6, 6.07) is 5.35. The first kappa shape index (κ1) is 13.5. The van der Waals surface area contributed by atoms with Gasteiger partial charge in [0.25, 0.3) is 0 Å². The molecule has 0 aromatic heterocycles. The van der Waals surface area contributed by atoms with Gasteiger partial charge in [0.15, 0.2) is 0 Å². The Labute approximate surface area is 108 Å². The first-order chi connectivity index (χ1) is 8.36. The highest BCUT2D eigenvalue weighted by atomic mass is 32.2. The number of ketones is 1. The first-order valence-corrected chi connectivity index (χ1v) is 6.65. The molecule has 2 unspecified atom stereocenters. The van der Waals surface area contributed by atoms with Gasteiger partial charge in [0.1, 0.15) is 5.78 Å². The van der Waals surface area contributed by atoms with E-state index in [0.29, 0.717) is 18.4 Å². The lowest BCUT2D eigenvalue weighted by atomic mass is 10.0. The summed E-state index contributed by atoms with van der Waals surface area (Å²) >= 11 is 1.55. The van der Waals surface area contributed by atoms with Gasteiger partial charge in [-0.15, -0.1) is 11.8 Å². The summed E-state index contributed by atoms with van der Waals surface area (Å²) in [7, 11) is 0. The van der Waals surface area contributed by atoms with Crippen LogP contribution in [0.3, 0.4) is 0 Å². The van der Waals surface area contributed by atoms with E-state index in [1.54, 1.807) is 17.8 Å². The molecule has 98 valence electrons. The van der Waals surface area contributed by atoms with E-state index in [1.165, 1.54) is 12.1 Å². The van der Waals surface area contributed by atoms with Gasteiger partial charge in [0, 0.05) is 11.7 Å². The molecule has 1 aliphatic heterocycles. The van der Waals surface area contributed by atoms with E-state index >= 15 is 0 Å². The molecule has 0 radical (unpaired) electrons. The quantitative estimate of drug-likeness (QED) is 0.817. The SMILES string of the molecule is CC1SC(Cc2cccc(C(F)(F)F)c2)CC1=O. The van der Waals surface area contributed by atoms with Gasteiger partial charge in [0.05, 0.1) is 10.8 Å². The largest absolute Gasteiger partial charge is 0.416 e. The van der Waals surface area contributed by atoms with Crippen LogP contribution in [-0.2, 0) is 17.4 Å².